The lowest BCUT2D eigenvalue weighted by molar-refractivity contribution is -0.136. The summed E-state index contributed by atoms with van der Waals surface area (Å²) in [5.41, 5.74) is 2.10. The highest BCUT2D eigenvalue weighted by atomic mass is 32.2. The number of likely N-dealkylation sites (N-methyl/N-ethyl adjacent to an activating group) is 1. The number of hydrogen-bond donors (Lipinski definition) is 3. The Morgan fingerprint density at radius 1 is 1.73 bits per heavy atom. The van der Waals surface area contributed by atoms with Crippen LogP contribution >= 0.6 is 11.8 Å². The molecule has 1 rings (SSSR count). The summed E-state index contributed by atoms with van der Waals surface area (Å²) in [5.74, 6) is -1.70. The Balaban J connectivity index is 2.44. The molecule has 7 nitrogen and oxygen atoms in total. The minimum atomic E-state index is -0.890. The van der Waals surface area contributed by atoms with Gasteiger partial charge in [-0.2, -0.15) is 0 Å². The summed E-state index contributed by atoms with van der Waals surface area (Å²) in [7, 11) is 1.50. The summed E-state index contributed by atoms with van der Waals surface area (Å²) < 4.78 is 0. The second-order valence-corrected chi connectivity index (χ2v) is 4.04. The minimum absolute atomic E-state index is 0.0145. The van der Waals surface area contributed by atoms with Crippen molar-refractivity contribution in [2.75, 3.05) is 12.8 Å². The molecule has 0 saturated heterocycles. The highest BCUT2D eigenvalue weighted by molar-refractivity contribution is 7.99. The van der Waals surface area contributed by atoms with Gasteiger partial charge in [0.05, 0.1) is 6.42 Å². The third-order valence-corrected chi connectivity index (χ3v) is 2.91. The van der Waals surface area contributed by atoms with Gasteiger partial charge < -0.3 is 15.1 Å². The standard InChI is InChI=1S/C7H11N3O4S/c1-10-6(14)5(13)8-9-7(10)15-3-2-4(11)12/h7,9H,2-3H2,1H3,(H,8,13)(H,11,12). The topological polar surface area (TPSA) is 102 Å². The molecule has 15 heavy (non-hydrogen) atoms. The summed E-state index contributed by atoms with van der Waals surface area (Å²) in [6.07, 6.45) is 0.0145. The summed E-state index contributed by atoms with van der Waals surface area (Å²) in [5, 5.41) is 20.8. The molecule has 1 amide bonds. The fourth-order valence-corrected chi connectivity index (χ4v) is 1.88. The molecule has 0 fully saturated rings. The summed E-state index contributed by atoms with van der Waals surface area (Å²) in [4.78, 5) is 22.7. The van der Waals surface area contributed by atoms with Crippen LogP contribution < -0.4 is 5.43 Å². The van der Waals surface area contributed by atoms with Crippen LogP contribution in [-0.4, -0.2) is 51.2 Å². The highest BCUT2D eigenvalue weighted by Crippen LogP contribution is 2.15. The van der Waals surface area contributed by atoms with E-state index in [1.807, 2.05) is 0 Å². The zero-order chi connectivity index (χ0) is 11.4. The first-order valence-electron chi connectivity index (χ1n) is 4.15. The lowest BCUT2D eigenvalue weighted by Gasteiger charge is -2.29. The van der Waals surface area contributed by atoms with Gasteiger partial charge in [0.15, 0.2) is 5.50 Å². The molecule has 1 aliphatic heterocycles. The van der Waals surface area contributed by atoms with Gasteiger partial charge in [0.25, 0.3) is 5.90 Å². The molecule has 1 atom stereocenters. The number of aliphatic hydroxyl groups excluding tert-OH is 1. The first-order chi connectivity index (χ1) is 7.02. The number of rotatable bonds is 4. The van der Waals surface area contributed by atoms with E-state index in [0.717, 1.165) is 0 Å². The second kappa shape index (κ2) is 4.87. The van der Waals surface area contributed by atoms with E-state index in [1.54, 1.807) is 0 Å². The van der Waals surface area contributed by atoms with Crippen molar-refractivity contribution in [1.29, 1.82) is 0 Å². The summed E-state index contributed by atoms with van der Waals surface area (Å²) in [6.45, 7) is 0. The molecule has 0 aromatic rings. The maximum atomic E-state index is 11.2. The number of aliphatic hydroxyl groups is 1. The average molecular weight is 233 g/mol. The normalized spacial score (nSPS) is 20.9. The molecule has 1 heterocycles. The number of hydrazone groups is 1. The van der Waals surface area contributed by atoms with E-state index in [9.17, 15) is 9.59 Å². The van der Waals surface area contributed by atoms with E-state index in [1.165, 1.54) is 23.7 Å². The quantitative estimate of drug-likeness (QED) is 0.600. The van der Waals surface area contributed by atoms with E-state index in [-0.39, 0.29) is 6.42 Å². The maximum absolute atomic E-state index is 11.2. The fraction of sp³-hybridized carbons (Fsp3) is 0.571. The van der Waals surface area contributed by atoms with E-state index in [2.05, 4.69) is 10.5 Å². The zero-order valence-electron chi connectivity index (χ0n) is 8.01. The Bertz CT molecular complexity index is 307. The van der Waals surface area contributed by atoms with Crippen LogP contribution in [0.4, 0.5) is 0 Å². The highest BCUT2D eigenvalue weighted by Gasteiger charge is 2.28. The van der Waals surface area contributed by atoms with Gasteiger partial charge in [-0.05, 0) is 0 Å². The van der Waals surface area contributed by atoms with Crippen LogP contribution in [-0.2, 0) is 9.59 Å². The number of carbonyl (C=O) groups is 2. The summed E-state index contributed by atoms with van der Waals surface area (Å²) >= 11 is 1.23. The Labute approximate surface area is 90.1 Å². The zero-order valence-corrected chi connectivity index (χ0v) is 8.82. The van der Waals surface area contributed by atoms with E-state index < -0.39 is 23.3 Å². The van der Waals surface area contributed by atoms with Gasteiger partial charge in [-0.15, -0.1) is 16.9 Å². The van der Waals surface area contributed by atoms with Crippen LogP contribution in [0.2, 0.25) is 0 Å². The van der Waals surface area contributed by atoms with E-state index in [4.69, 9.17) is 10.2 Å². The fourth-order valence-electron chi connectivity index (χ4n) is 0.922. The molecule has 0 bridgehead atoms. The number of carbonyl (C=O) groups excluding carboxylic acids is 1. The van der Waals surface area contributed by atoms with Crippen LogP contribution in [0.5, 0.6) is 0 Å². The number of amides is 1. The molecular weight excluding hydrogens is 222 g/mol. The first kappa shape index (κ1) is 11.6. The first-order valence-corrected chi connectivity index (χ1v) is 5.20. The number of aliphatic carboxylic acids is 1. The molecule has 1 aliphatic rings. The molecule has 3 N–H and O–H groups in total. The Kier molecular flexibility index (Phi) is 3.78. The van der Waals surface area contributed by atoms with Gasteiger partial charge in [-0.25, -0.2) is 0 Å². The smallest absolute Gasteiger partial charge is 0.312 e. The third kappa shape index (κ3) is 3.01. The van der Waals surface area contributed by atoms with Crippen LogP contribution in [0.1, 0.15) is 6.42 Å². The van der Waals surface area contributed by atoms with Crippen molar-refractivity contribution in [3.05, 3.63) is 0 Å². The predicted molar refractivity (Wildman–Crippen MR) is 54.5 cm³/mol. The van der Waals surface area contributed by atoms with Crippen LogP contribution in [0, 0.1) is 0 Å². The molecule has 0 aromatic heterocycles. The molecule has 8 heteroatoms. The number of hydrogen-bond acceptors (Lipinski definition) is 5. The molecule has 1 unspecified atom stereocenters. The van der Waals surface area contributed by atoms with Gasteiger partial charge in [0.2, 0.25) is 0 Å². The van der Waals surface area contributed by atoms with Crippen molar-refractivity contribution in [3.8, 4) is 0 Å². The van der Waals surface area contributed by atoms with Crippen molar-refractivity contribution in [1.82, 2.24) is 10.3 Å². The van der Waals surface area contributed by atoms with Gasteiger partial charge in [-0.1, -0.05) is 0 Å². The van der Waals surface area contributed by atoms with Crippen LogP contribution in [0.25, 0.3) is 0 Å². The predicted octanol–water partition coefficient (Wildman–Crippen LogP) is -0.589. The number of thioether (sulfide) groups is 1. The van der Waals surface area contributed by atoms with E-state index >= 15 is 0 Å². The molecule has 0 saturated carbocycles. The molecule has 0 radical (unpaired) electrons. The van der Waals surface area contributed by atoms with Gasteiger partial charge in [-0.3, -0.25) is 15.0 Å². The number of carboxylic acid groups (broad SMARTS) is 1. The van der Waals surface area contributed by atoms with Crippen molar-refractivity contribution >= 4 is 29.5 Å². The Morgan fingerprint density at radius 3 is 3.00 bits per heavy atom. The van der Waals surface area contributed by atoms with Crippen molar-refractivity contribution in [3.63, 3.8) is 0 Å². The molecule has 84 valence electrons. The summed E-state index contributed by atoms with van der Waals surface area (Å²) in [6, 6.07) is 0. The Hall–Kier alpha value is -1.44. The van der Waals surface area contributed by atoms with Crippen LogP contribution in [0.15, 0.2) is 5.10 Å². The lowest BCUT2D eigenvalue weighted by Crippen LogP contribution is -2.50. The molecule has 0 aliphatic carbocycles. The van der Waals surface area contributed by atoms with E-state index in [0.29, 0.717) is 5.75 Å². The monoisotopic (exact) mass is 233 g/mol. The molecule has 0 aromatic carbocycles. The maximum Gasteiger partial charge on any atom is 0.312 e. The Morgan fingerprint density at radius 2 is 2.40 bits per heavy atom. The second-order valence-electron chi connectivity index (χ2n) is 2.85. The number of nitrogens with one attached hydrogen (secondary N) is 1. The minimum Gasteiger partial charge on any atom is -0.488 e. The van der Waals surface area contributed by atoms with Crippen LogP contribution in [0.3, 0.4) is 0 Å². The average Bonchev–Trinajstić information content (AvgIpc) is 2.18. The largest absolute Gasteiger partial charge is 0.488 e. The molecular formula is C7H11N3O4S. The lowest BCUT2D eigenvalue weighted by atomic mass is 10.5. The SMILES string of the molecule is CN1C(=O)C(O)=NNC1SCCC(=O)O. The van der Waals surface area contributed by atoms with Crippen molar-refractivity contribution < 1.29 is 19.8 Å². The molecule has 0 spiro atoms. The van der Waals surface area contributed by atoms with Crippen molar-refractivity contribution in [2.24, 2.45) is 5.10 Å². The number of nitrogens with zero attached hydrogens (tertiary/aromatic N) is 2. The van der Waals surface area contributed by atoms with Crippen molar-refractivity contribution in [2.45, 2.75) is 11.9 Å². The third-order valence-electron chi connectivity index (χ3n) is 1.74. The van der Waals surface area contributed by atoms with Gasteiger partial charge >= 0.3 is 11.9 Å². The number of carboxylic acids is 1. The van der Waals surface area contributed by atoms with Gasteiger partial charge in [0, 0.05) is 12.8 Å². The van der Waals surface area contributed by atoms with Gasteiger partial charge in [0.1, 0.15) is 0 Å².